The molecule has 0 aromatic carbocycles. The Bertz CT molecular complexity index is 4090. The van der Waals surface area contributed by atoms with E-state index < -0.39 is 245 Å². The number of hydrogen-bond donors (Lipinski definition) is 13. The van der Waals surface area contributed by atoms with E-state index in [-0.39, 0.29) is 143 Å². The molecule has 36 atom stereocenters. The Hall–Kier alpha value is -4.52. The molecule has 0 spiro atoms. The van der Waals surface area contributed by atoms with Crippen LogP contribution in [0.25, 0.3) is 0 Å². The van der Waals surface area contributed by atoms with Gasteiger partial charge in [0, 0.05) is 138 Å². The van der Waals surface area contributed by atoms with Gasteiger partial charge < -0.3 is 123 Å². The molecular formula is C95H142AcO33. The summed E-state index contributed by atoms with van der Waals surface area (Å²) in [5.74, 6) is -7.69. The summed E-state index contributed by atoms with van der Waals surface area (Å²) in [5.41, 5.74) is -16.3. The van der Waals surface area contributed by atoms with Crippen LogP contribution < -0.4 is 0 Å². The minimum Gasteiger partial charge on any atom is -0.438 e. The summed E-state index contributed by atoms with van der Waals surface area (Å²) in [6.45, 7) is 41.5. The van der Waals surface area contributed by atoms with Crippen molar-refractivity contribution in [2.45, 2.75) is 335 Å². The number of carbonyl (C=O) groups excluding carboxylic acids is 8. The predicted molar refractivity (Wildman–Crippen MR) is 451 cm³/mol. The molecule has 16 aliphatic rings. The monoisotopic (exact) mass is 2040 g/mol. The van der Waals surface area contributed by atoms with Gasteiger partial charge in [-0.1, -0.05) is 125 Å². The zero-order chi connectivity index (χ0) is 96.1. The van der Waals surface area contributed by atoms with Crippen LogP contribution in [0.4, 0.5) is 19.2 Å². The fourth-order valence-corrected chi connectivity index (χ4v) is 30.2. The second kappa shape index (κ2) is 33.4. The maximum atomic E-state index is 14.1. The molecule has 4 saturated heterocycles. The third kappa shape index (κ3) is 13.5. The molecule has 34 heteroatoms. The standard InChI is InChI=1S/3C24H36O8.C23H34O9.Ac/c3*1-11-8-15-23(10-31-15,32-20(28)30-7)18-13(3)24(29)9-14(25)12(2)16(21(24,4)5)17(26)19(27)22(11,18)6;1-10-12(24)8-23(29)11(2)17-21(5,18(27)16(26)15(10)20(23,3)4)13(25)7-14-22(17,9-31-14)32-19(28)30-6;/h3*11,13-15,17-18,25-26,29H,8-10H2,1-7H3;11-14,16-17,24-26,29H,7-9H2,1-6H3;. The van der Waals surface area contributed by atoms with Crippen molar-refractivity contribution >= 4 is 47.8 Å². The quantitative estimate of drug-likeness (QED) is 0.0793. The van der Waals surface area contributed by atoms with Gasteiger partial charge in [-0.05, 0) is 140 Å². The number of rotatable bonds is 4. The number of ketones is 4. The minimum absolute atomic E-state index is 0. The third-order valence-electron chi connectivity index (χ3n) is 38.5. The van der Waals surface area contributed by atoms with Crippen LogP contribution in [-0.2, 0) is 76.0 Å². The van der Waals surface area contributed by atoms with E-state index in [1.165, 1.54) is 28.4 Å². The number of fused-ring (bicyclic) bond motifs is 20. The molecular weight excluding hydrogens is 1900 g/mol. The van der Waals surface area contributed by atoms with Gasteiger partial charge in [-0.15, -0.1) is 0 Å². The molecule has 723 valence electrons. The fraction of sp³-hybridized carbons (Fsp3) is 0.832. The molecule has 0 amide bonds. The van der Waals surface area contributed by atoms with Crippen molar-refractivity contribution in [3.05, 3.63) is 44.6 Å². The maximum absolute atomic E-state index is 14.1. The van der Waals surface area contributed by atoms with Crippen molar-refractivity contribution in [3.8, 4) is 0 Å². The zero-order valence-electron chi connectivity index (χ0n) is 79.9. The van der Waals surface area contributed by atoms with Gasteiger partial charge in [0.05, 0.1) is 113 Å². The molecule has 33 nitrogen and oxygen atoms in total. The molecule has 8 saturated carbocycles. The third-order valence-corrected chi connectivity index (χ3v) is 38.5. The molecule has 36 unspecified atom stereocenters. The molecule has 1 radical (unpaired) electrons. The molecule has 16 rings (SSSR count). The summed E-state index contributed by atoms with van der Waals surface area (Å²) in [6, 6.07) is 0. The molecule has 0 aromatic heterocycles. The number of aliphatic hydroxyl groups is 13. The van der Waals surface area contributed by atoms with Crippen LogP contribution in [-0.4, -0.2) is 293 Å². The van der Waals surface area contributed by atoms with Crippen molar-refractivity contribution in [3.63, 3.8) is 0 Å². The molecule has 12 fully saturated rings. The first-order valence-corrected chi connectivity index (χ1v) is 45.4. The Morgan fingerprint density at radius 3 is 0.667 bits per heavy atom. The Kier molecular flexibility index (Phi) is 26.8. The average Bonchev–Trinajstić information content (AvgIpc) is 0.684. The first-order valence-electron chi connectivity index (χ1n) is 45.4. The number of Topliss-reactive ketones (excluding diaryl/α,β-unsaturated/α-hetero) is 4. The molecule has 129 heavy (non-hydrogen) atoms. The van der Waals surface area contributed by atoms with Gasteiger partial charge in [-0.3, -0.25) is 19.2 Å². The molecule has 12 aliphatic carbocycles. The largest absolute Gasteiger partial charge is 0.508 e. The van der Waals surface area contributed by atoms with Crippen LogP contribution in [0.1, 0.15) is 211 Å². The van der Waals surface area contributed by atoms with Crippen LogP contribution in [0, 0.1) is 152 Å². The summed E-state index contributed by atoms with van der Waals surface area (Å²) in [7, 11) is 4.85. The van der Waals surface area contributed by atoms with E-state index in [2.05, 4.69) is 0 Å². The van der Waals surface area contributed by atoms with E-state index in [0.29, 0.717) is 58.3 Å². The SMILES string of the molecule is COC(=O)OC12COC1CC(C)C1(C)C(=O)C(O)C3=C(C)C(O)CC(O)(C(C)C21)C3(C)C.COC(=O)OC12COC1CC(C)C1(C)C(=O)C(O)C3=C(C)C(O)CC(O)(C(C)C21)C3(C)C.COC(=O)OC12COC1CC(C)C1(C)C(=O)C(O)C3=C(C)C(O)CC(O)(C(C)C21)C3(C)C.COC(=O)OC12COC1CC(O)C1(C)C(=O)C(O)C3=C(C)C(O)CC(O)(C(C)C21)C3(C)C.[Ac]. The van der Waals surface area contributed by atoms with Gasteiger partial charge in [0.1, 0.15) is 48.8 Å². The average molecular weight is 2040 g/mol. The summed E-state index contributed by atoms with van der Waals surface area (Å²) in [4.78, 5) is 105. The Morgan fingerprint density at radius 1 is 0.310 bits per heavy atom. The van der Waals surface area contributed by atoms with E-state index in [0.717, 1.165) is 0 Å². The zero-order valence-corrected chi connectivity index (χ0v) is 84.6. The van der Waals surface area contributed by atoms with Crippen molar-refractivity contribution in [2.75, 3.05) is 54.9 Å². The Labute approximate surface area is 790 Å². The van der Waals surface area contributed by atoms with Crippen molar-refractivity contribution in [1.29, 1.82) is 0 Å². The number of carbonyl (C=O) groups is 8. The van der Waals surface area contributed by atoms with Crippen LogP contribution in [0.15, 0.2) is 44.6 Å². The molecule has 0 aromatic rings. The Morgan fingerprint density at radius 2 is 0.488 bits per heavy atom. The summed E-state index contributed by atoms with van der Waals surface area (Å²) < 4.78 is 65.5. The van der Waals surface area contributed by atoms with Crippen molar-refractivity contribution in [1.82, 2.24) is 0 Å². The van der Waals surface area contributed by atoms with Crippen LogP contribution in [0.3, 0.4) is 0 Å². The topological polar surface area (TPSA) is 510 Å². The molecule has 4 aliphatic heterocycles. The number of ether oxygens (including phenoxy) is 12. The van der Waals surface area contributed by atoms with Crippen LogP contribution >= 0.6 is 0 Å². The number of methoxy groups -OCH3 is 4. The number of aliphatic hydroxyl groups excluding tert-OH is 9. The summed E-state index contributed by atoms with van der Waals surface area (Å²) >= 11 is 0. The fourth-order valence-electron chi connectivity index (χ4n) is 30.2. The predicted octanol–water partition coefficient (Wildman–Crippen LogP) is 6.67. The summed E-state index contributed by atoms with van der Waals surface area (Å²) in [5, 5.41) is 149. The maximum Gasteiger partial charge on any atom is 0.508 e. The molecule has 8 bridgehead atoms. The van der Waals surface area contributed by atoms with Crippen molar-refractivity contribution in [2.24, 2.45) is 108 Å². The van der Waals surface area contributed by atoms with E-state index in [9.17, 15) is 105 Å². The van der Waals surface area contributed by atoms with Gasteiger partial charge in [0.15, 0.2) is 45.5 Å². The first kappa shape index (κ1) is 103. The first-order chi connectivity index (χ1) is 58.8. The van der Waals surface area contributed by atoms with Gasteiger partial charge >= 0.3 is 24.6 Å². The molecule has 4 heterocycles. The molecule has 13 N–H and O–H groups in total. The Balaban J connectivity index is 0.000000155. The normalized spacial score (nSPS) is 49.4. The van der Waals surface area contributed by atoms with E-state index in [1.807, 2.05) is 104 Å². The van der Waals surface area contributed by atoms with Gasteiger partial charge in [0.2, 0.25) is 0 Å². The van der Waals surface area contributed by atoms with Crippen molar-refractivity contribution < 1.29 is 206 Å². The second-order valence-electron chi connectivity index (χ2n) is 44.1. The smallest absolute Gasteiger partial charge is 0.438 e. The van der Waals surface area contributed by atoms with Crippen LogP contribution in [0.2, 0.25) is 0 Å². The van der Waals surface area contributed by atoms with Gasteiger partial charge in [-0.2, -0.15) is 0 Å². The van der Waals surface area contributed by atoms with E-state index >= 15 is 0 Å². The van der Waals surface area contributed by atoms with Crippen LogP contribution in [0.5, 0.6) is 0 Å². The van der Waals surface area contributed by atoms with E-state index in [4.69, 9.17) is 56.8 Å². The minimum atomic E-state index is -1.64. The number of hydrogen-bond acceptors (Lipinski definition) is 33. The van der Waals surface area contributed by atoms with Gasteiger partial charge in [-0.25, -0.2) is 19.2 Å². The summed E-state index contributed by atoms with van der Waals surface area (Å²) in [6.07, 6.45) is -15.4. The second-order valence-corrected chi connectivity index (χ2v) is 44.1. The van der Waals surface area contributed by atoms with Gasteiger partial charge in [0.25, 0.3) is 0 Å². The van der Waals surface area contributed by atoms with E-state index in [1.54, 1.807) is 55.4 Å².